The van der Waals surface area contributed by atoms with E-state index in [1.54, 1.807) is 30.3 Å². The summed E-state index contributed by atoms with van der Waals surface area (Å²) in [4.78, 5) is 35.1. The van der Waals surface area contributed by atoms with Gasteiger partial charge in [0.1, 0.15) is 11.5 Å². The highest BCUT2D eigenvalue weighted by molar-refractivity contribution is 6.34. The Balaban J connectivity index is 2.17. The predicted octanol–water partition coefficient (Wildman–Crippen LogP) is 2.29. The maximum absolute atomic E-state index is 12.3. The molecule has 0 aliphatic heterocycles. The zero-order valence-electron chi connectivity index (χ0n) is 13.0. The first-order chi connectivity index (χ1) is 12.0. The van der Waals surface area contributed by atoms with Gasteiger partial charge >= 0.3 is 5.97 Å². The van der Waals surface area contributed by atoms with Crippen molar-refractivity contribution in [2.75, 3.05) is 6.54 Å². The zero-order valence-corrected chi connectivity index (χ0v) is 13.7. The fraction of sp³-hybridized carbons (Fsp3) is 0.118. The van der Waals surface area contributed by atoms with E-state index in [1.165, 1.54) is 18.4 Å². The van der Waals surface area contributed by atoms with Crippen molar-refractivity contribution in [2.24, 2.45) is 0 Å². The van der Waals surface area contributed by atoms with Crippen LogP contribution in [0.4, 0.5) is 0 Å². The van der Waals surface area contributed by atoms with Gasteiger partial charge in [0.2, 0.25) is 0 Å². The molecule has 0 fully saturated rings. The Morgan fingerprint density at radius 1 is 1.16 bits per heavy atom. The lowest BCUT2D eigenvalue weighted by molar-refractivity contribution is -0.136. The highest BCUT2D eigenvalue weighted by atomic mass is 35.5. The van der Waals surface area contributed by atoms with E-state index in [2.05, 4.69) is 10.6 Å². The molecule has 0 saturated carbocycles. The van der Waals surface area contributed by atoms with Crippen molar-refractivity contribution in [1.82, 2.24) is 10.6 Å². The van der Waals surface area contributed by atoms with Crippen molar-refractivity contribution >= 4 is 35.5 Å². The van der Waals surface area contributed by atoms with Crippen LogP contribution in [-0.4, -0.2) is 29.4 Å². The van der Waals surface area contributed by atoms with Crippen molar-refractivity contribution in [3.05, 3.63) is 64.7 Å². The Hall–Kier alpha value is -3.06. The minimum absolute atomic E-state index is 0.0778. The normalized spacial score (nSPS) is 11.0. The van der Waals surface area contributed by atoms with Crippen molar-refractivity contribution in [3.63, 3.8) is 0 Å². The molecule has 1 aromatic heterocycles. The number of hydrogen-bond donors (Lipinski definition) is 3. The van der Waals surface area contributed by atoms with Crippen LogP contribution in [-0.2, 0) is 9.59 Å². The minimum atomic E-state index is -1.04. The van der Waals surface area contributed by atoms with Crippen molar-refractivity contribution in [3.8, 4) is 0 Å². The molecule has 1 heterocycles. The van der Waals surface area contributed by atoms with E-state index in [0.717, 1.165) is 0 Å². The molecule has 130 valence electrons. The molecule has 0 aliphatic rings. The first kappa shape index (κ1) is 18.3. The van der Waals surface area contributed by atoms with E-state index < -0.39 is 17.8 Å². The topological polar surface area (TPSA) is 109 Å². The lowest BCUT2D eigenvalue weighted by Crippen LogP contribution is -2.35. The Bertz CT molecular complexity index is 799. The average Bonchev–Trinajstić information content (AvgIpc) is 3.07. The van der Waals surface area contributed by atoms with Gasteiger partial charge in [0, 0.05) is 12.6 Å². The lowest BCUT2D eigenvalue weighted by Gasteiger charge is -2.11. The van der Waals surface area contributed by atoms with Gasteiger partial charge in [0.25, 0.3) is 11.8 Å². The van der Waals surface area contributed by atoms with Gasteiger partial charge in [-0.2, -0.15) is 0 Å². The Labute approximate surface area is 148 Å². The van der Waals surface area contributed by atoms with Crippen molar-refractivity contribution < 1.29 is 23.9 Å². The van der Waals surface area contributed by atoms with E-state index in [-0.39, 0.29) is 29.2 Å². The number of carboxylic acids is 1. The van der Waals surface area contributed by atoms with Gasteiger partial charge in [-0.05, 0) is 24.3 Å². The molecule has 1 aromatic carbocycles. The second-order valence-electron chi connectivity index (χ2n) is 4.91. The van der Waals surface area contributed by atoms with Crippen LogP contribution < -0.4 is 10.6 Å². The molecule has 0 saturated heterocycles. The number of rotatable bonds is 7. The summed E-state index contributed by atoms with van der Waals surface area (Å²) in [6, 6.07) is 9.62. The molecule has 0 bridgehead atoms. The van der Waals surface area contributed by atoms with Gasteiger partial charge in [0.15, 0.2) is 0 Å². The van der Waals surface area contributed by atoms with E-state index in [0.29, 0.717) is 5.76 Å². The monoisotopic (exact) mass is 362 g/mol. The number of carbonyl (C=O) groups excluding carboxylic acids is 2. The molecule has 0 aliphatic carbocycles. The predicted molar refractivity (Wildman–Crippen MR) is 90.9 cm³/mol. The highest BCUT2D eigenvalue weighted by Gasteiger charge is 2.17. The third kappa shape index (κ3) is 5.50. The van der Waals surface area contributed by atoms with Gasteiger partial charge in [-0.15, -0.1) is 0 Å². The fourth-order valence-corrected chi connectivity index (χ4v) is 2.11. The number of furan rings is 1. The van der Waals surface area contributed by atoms with Crippen LogP contribution in [0.2, 0.25) is 5.02 Å². The molecule has 0 unspecified atom stereocenters. The molecule has 0 atom stereocenters. The summed E-state index contributed by atoms with van der Waals surface area (Å²) >= 11 is 5.98. The number of benzene rings is 1. The van der Waals surface area contributed by atoms with Crippen molar-refractivity contribution in [2.45, 2.75) is 6.42 Å². The molecule has 3 N–H and O–H groups in total. The number of nitrogens with one attached hydrogen (secondary N) is 2. The smallest absolute Gasteiger partial charge is 0.305 e. The maximum Gasteiger partial charge on any atom is 0.305 e. The second-order valence-corrected chi connectivity index (χ2v) is 5.31. The SMILES string of the molecule is O=C(O)CCNC(=O)/C(=C/c1ccco1)NC(=O)c1ccccc1Cl. The summed E-state index contributed by atoms with van der Waals surface area (Å²) in [5.41, 5.74) is 0.109. The average molecular weight is 363 g/mol. The highest BCUT2D eigenvalue weighted by Crippen LogP contribution is 2.15. The maximum atomic E-state index is 12.3. The van der Waals surface area contributed by atoms with Crippen LogP contribution in [0.3, 0.4) is 0 Å². The number of carboxylic acid groups (broad SMARTS) is 1. The molecule has 8 heteroatoms. The summed E-state index contributed by atoms with van der Waals surface area (Å²) in [6.07, 6.45) is 2.52. The van der Waals surface area contributed by atoms with Crippen LogP contribution in [0.15, 0.2) is 52.8 Å². The van der Waals surface area contributed by atoms with Crippen LogP contribution in [0.5, 0.6) is 0 Å². The number of halogens is 1. The van der Waals surface area contributed by atoms with Gasteiger partial charge in [0.05, 0.1) is 23.3 Å². The molecule has 0 radical (unpaired) electrons. The van der Waals surface area contributed by atoms with Crippen LogP contribution in [0.1, 0.15) is 22.5 Å². The molecule has 2 aromatic rings. The standard InChI is InChI=1S/C17H15ClN2O5/c18-13-6-2-1-5-12(13)16(23)20-14(10-11-4-3-9-25-11)17(24)19-8-7-15(21)22/h1-6,9-10H,7-8H2,(H,19,24)(H,20,23)(H,21,22)/b14-10-. The van der Waals surface area contributed by atoms with E-state index in [4.69, 9.17) is 21.1 Å². The van der Waals surface area contributed by atoms with Gasteiger partial charge in [-0.1, -0.05) is 23.7 Å². The summed E-state index contributed by atoms with van der Waals surface area (Å²) in [7, 11) is 0. The Morgan fingerprint density at radius 2 is 1.92 bits per heavy atom. The van der Waals surface area contributed by atoms with E-state index in [9.17, 15) is 14.4 Å². The molecule has 2 rings (SSSR count). The third-order valence-corrected chi connectivity index (χ3v) is 3.40. The fourth-order valence-electron chi connectivity index (χ4n) is 1.89. The quantitative estimate of drug-likeness (QED) is 0.655. The number of amides is 2. The summed E-state index contributed by atoms with van der Waals surface area (Å²) in [6.45, 7) is -0.0778. The molecule has 25 heavy (non-hydrogen) atoms. The minimum Gasteiger partial charge on any atom is -0.481 e. The molecule has 7 nitrogen and oxygen atoms in total. The Morgan fingerprint density at radius 3 is 2.56 bits per heavy atom. The van der Waals surface area contributed by atoms with Crippen LogP contribution in [0, 0.1) is 0 Å². The van der Waals surface area contributed by atoms with Crippen LogP contribution in [0.25, 0.3) is 6.08 Å². The van der Waals surface area contributed by atoms with Gasteiger partial charge < -0.3 is 20.2 Å². The number of carbonyl (C=O) groups is 3. The first-order valence-electron chi connectivity index (χ1n) is 7.28. The summed E-state index contributed by atoms with van der Waals surface area (Å²) in [5.74, 6) is -1.91. The number of hydrogen-bond acceptors (Lipinski definition) is 4. The van der Waals surface area contributed by atoms with Crippen molar-refractivity contribution in [1.29, 1.82) is 0 Å². The molecule has 0 spiro atoms. The summed E-state index contributed by atoms with van der Waals surface area (Å²) < 4.78 is 5.14. The summed E-state index contributed by atoms with van der Waals surface area (Å²) in [5, 5.41) is 13.8. The van der Waals surface area contributed by atoms with E-state index in [1.807, 2.05) is 0 Å². The lowest BCUT2D eigenvalue weighted by atomic mass is 10.2. The third-order valence-electron chi connectivity index (χ3n) is 3.07. The zero-order chi connectivity index (χ0) is 18.2. The second kappa shape index (κ2) is 8.70. The Kier molecular flexibility index (Phi) is 6.36. The number of aliphatic carboxylic acids is 1. The van der Waals surface area contributed by atoms with E-state index >= 15 is 0 Å². The van der Waals surface area contributed by atoms with Gasteiger partial charge in [-0.25, -0.2) is 0 Å². The van der Waals surface area contributed by atoms with Crippen LogP contribution >= 0.6 is 11.6 Å². The molecule has 2 amide bonds. The largest absolute Gasteiger partial charge is 0.481 e. The molecular formula is C17H15ClN2O5. The first-order valence-corrected chi connectivity index (χ1v) is 7.66. The molecular weight excluding hydrogens is 348 g/mol. The van der Waals surface area contributed by atoms with Gasteiger partial charge in [-0.3, -0.25) is 14.4 Å².